The number of ether oxygens (including phenoxy) is 2. The Morgan fingerprint density at radius 1 is 1.03 bits per heavy atom. The molecule has 1 heterocycles. The summed E-state index contributed by atoms with van der Waals surface area (Å²) in [6.07, 6.45) is 10.2. The van der Waals surface area contributed by atoms with Gasteiger partial charge in [0.25, 0.3) is 5.91 Å². The lowest BCUT2D eigenvalue weighted by Crippen LogP contribution is -2.27. The van der Waals surface area contributed by atoms with Crippen LogP contribution in [0.4, 0.5) is 0 Å². The van der Waals surface area contributed by atoms with Crippen LogP contribution in [0.2, 0.25) is 0 Å². The first-order valence-electron chi connectivity index (χ1n) is 11.5. The van der Waals surface area contributed by atoms with Gasteiger partial charge in [-0.25, -0.2) is 0 Å². The van der Waals surface area contributed by atoms with Crippen LogP contribution in [0, 0.1) is 0 Å². The highest BCUT2D eigenvalue weighted by molar-refractivity contribution is 8.26. The van der Waals surface area contributed by atoms with E-state index in [1.165, 1.54) is 49.4 Å². The fourth-order valence-corrected chi connectivity index (χ4v) is 5.50. The second-order valence-corrected chi connectivity index (χ2v) is 9.93. The molecule has 0 N–H and O–H groups in total. The van der Waals surface area contributed by atoms with Crippen molar-refractivity contribution in [1.29, 1.82) is 0 Å². The van der Waals surface area contributed by atoms with Crippen molar-refractivity contribution in [2.24, 2.45) is 0 Å². The van der Waals surface area contributed by atoms with Gasteiger partial charge in [-0.2, -0.15) is 0 Å². The molecule has 6 heteroatoms. The minimum Gasteiger partial charge on any atom is -0.490 e. The quantitative estimate of drug-likeness (QED) is 0.176. The molecule has 0 aromatic heterocycles. The Morgan fingerprint density at radius 3 is 2.48 bits per heavy atom. The molecule has 2 aliphatic rings. The Morgan fingerprint density at radius 2 is 1.76 bits per heavy atom. The minimum absolute atomic E-state index is 0.0841. The molecule has 1 saturated carbocycles. The molecule has 1 aliphatic carbocycles. The number of hydrogen-bond donors (Lipinski definition) is 0. The molecule has 4 nitrogen and oxygen atoms in total. The van der Waals surface area contributed by atoms with E-state index in [-0.39, 0.29) is 5.91 Å². The molecule has 33 heavy (non-hydrogen) atoms. The molecular formula is C27H29NO3S2. The first-order valence-corrected chi connectivity index (χ1v) is 12.7. The number of carbonyl (C=O) groups excluding carboxylic acids is 1. The molecule has 2 aromatic carbocycles. The molecule has 172 valence electrons. The van der Waals surface area contributed by atoms with Crippen molar-refractivity contribution in [3.63, 3.8) is 0 Å². The van der Waals surface area contributed by atoms with Crippen LogP contribution in [-0.4, -0.2) is 34.9 Å². The molecule has 0 radical (unpaired) electrons. The maximum atomic E-state index is 12.5. The number of benzene rings is 2. The van der Waals surface area contributed by atoms with E-state index >= 15 is 0 Å². The predicted molar refractivity (Wildman–Crippen MR) is 140 cm³/mol. The molecule has 2 aromatic rings. The van der Waals surface area contributed by atoms with E-state index in [4.69, 9.17) is 21.7 Å². The third-order valence-electron chi connectivity index (χ3n) is 5.92. The van der Waals surface area contributed by atoms with Gasteiger partial charge in [0.05, 0.1) is 4.91 Å². The highest BCUT2D eigenvalue weighted by Gasteiger charge is 2.30. The molecule has 1 saturated heterocycles. The van der Waals surface area contributed by atoms with Crippen molar-refractivity contribution in [3.8, 4) is 11.5 Å². The summed E-state index contributed by atoms with van der Waals surface area (Å²) >= 11 is 6.61. The fraction of sp³-hybridized carbons (Fsp3) is 0.333. The summed E-state index contributed by atoms with van der Waals surface area (Å²) in [6.45, 7) is 5.01. The highest BCUT2D eigenvalue weighted by Crippen LogP contribution is 2.34. The molecule has 0 atom stereocenters. The van der Waals surface area contributed by atoms with E-state index in [1.807, 2.05) is 30.3 Å². The Kier molecular flexibility index (Phi) is 8.24. The van der Waals surface area contributed by atoms with Gasteiger partial charge in [-0.15, -0.1) is 6.58 Å². The first kappa shape index (κ1) is 23.6. The lowest BCUT2D eigenvalue weighted by atomic mass is 9.84. The highest BCUT2D eigenvalue weighted by atomic mass is 32.2. The number of thiocarbonyl (C=S) groups is 1. The van der Waals surface area contributed by atoms with Gasteiger partial charge >= 0.3 is 0 Å². The number of hydrogen-bond acceptors (Lipinski definition) is 5. The largest absolute Gasteiger partial charge is 0.490 e. The Bertz CT molecular complexity index is 1030. The second kappa shape index (κ2) is 11.5. The average molecular weight is 480 g/mol. The van der Waals surface area contributed by atoms with Crippen molar-refractivity contribution in [3.05, 3.63) is 77.2 Å². The third-order valence-corrected chi connectivity index (χ3v) is 7.30. The summed E-state index contributed by atoms with van der Waals surface area (Å²) in [4.78, 5) is 14.7. The van der Waals surface area contributed by atoms with Crippen molar-refractivity contribution in [1.82, 2.24) is 4.90 Å². The summed E-state index contributed by atoms with van der Waals surface area (Å²) in [5.74, 6) is 2.23. The number of thioether (sulfide) groups is 1. The maximum absolute atomic E-state index is 12.5. The van der Waals surface area contributed by atoms with Crippen LogP contribution in [0.3, 0.4) is 0 Å². The number of amides is 1. The molecule has 2 fully saturated rings. The average Bonchev–Trinajstić information content (AvgIpc) is 3.11. The number of nitrogens with zero attached hydrogens (tertiary/aromatic N) is 1. The summed E-state index contributed by atoms with van der Waals surface area (Å²) in [5.41, 5.74) is 2.32. The van der Waals surface area contributed by atoms with Gasteiger partial charge in [0.15, 0.2) is 0 Å². The van der Waals surface area contributed by atoms with Gasteiger partial charge < -0.3 is 9.47 Å². The molecule has 1 aliphatic heterocycles. The van der Waals surface area contributed by atoms with Crippen molar-refractivity contribution in [2.45, 2.75) is 38.0 Å². The molecule has 0 bridgehead atoms. The van der Waals surface area contributed by atoms with Gasteiger partial charge in [0.1, 0.15) is 29.0 Å². The maximum Gasteiger partial charge on any atom is 0.266 e. The molecule has 1 amide bonds. The van der Waals surface area contributed by atoms with E-state index in [1.54, 1.807) is 11.0 Å². The van der Waals surface area contributed by atoms with E-state index in [0.717, 1.165) is 17.1 Å². The molecule has 0 spiro atoms. The van der Waals surface area contributed by atoms with Crippen LogP contribution in [0.15, 0.2) is 66.1 Å². The van der Waals surface area contributed by atoms with Crippen LogP contribution < -0.4 is 9.47 Å². The number of rotatable bonds is 9. The SMILES string of the molecule is C=CCN1C(=O)C(=Cc2cccc(OCCOc3ccc(C4CCCCC4)cc3)c2)SC1=S. The van der Waals surface area contributed by atoms with Crippen molar-refractivity contribution < 1.29 is 14.3 Å². The smallest absolute Gasteiger partial charge is 0.266 e. The van der Waals surface area contributed by atoms with Gasteiger partial charge in [0.2, 0.25) is 0 Å². The van der Waals surface area contributed by atoms with Crippen molar-refractivity contribution in [2.75, 3.05) is 19.8 Å². The van der Waals surface area contributed by atoms with Gasteiger partial charge in [-0.05, 0) is 60.2 Å². The fourth-order valence-electron chi connectivity index (χ4n) is 4.22. The molecule has 0 unspecified atom stereocenters. The molecular weight excluding hydrogens is 450 g/mol. The first-order chi connectivity index (χ1) is 16.1. The lowest BCUT2D eigenvalue weighted by molar-refractivity contribution is -0.121. The summed E-state index contributed by atoms with van der Waals surface area (Å²) in [5, 5.41) is 0. The topological polar surface area (TPSA) is 38.8 Å². The van der Waals surface area contributed by atoms with E-state index in [2.05, 4.69) is 30.8 Å². The second-order valence-electron chi connectivity index (χ2n) is 8.25. The lowest BCUT2D eigenvalue weighted by Gasteiger charge is -2.22. The van der Waals surface area contributed by atoms with Crippen LogP contribution >= 0.6 is 24.0 Å². The summed E-state index contributed by atoms with van der Waals surface area (Å²) in [7, 11) is 0. The van der Waals surface area contributed by atoms with Crippen LogP contribution in [0.1, 0.15) is 49.1 Å². The normalized spacial score (nSPS) is 18.1. The summed E-state index contributed by atoms with van der Waals surface area (Å²) < 4.78 is 12.3. The minimum atomic E-state index is -0.0841. The zero-order valence-electron chi connectivity index (χ0n) is 18.7. The van der Waals surface area contributed by atoms with E-state index < -0.39 is 0 Å². The monoisotopic (exact) mass is 479 g/mol. The van der Waals surface area contributed by atoms with Crippen molar-refractivity contribution >= 4 is 40.3 Å². The summed E-state index contributed by atoms with van der Waals surface area (Å²) in [6, 6.07) is 16.2. The van der Waals surface area contributed by atoms with Crippen LogP contribution in [0.5, 0.6) is 11.5 Å². The van der Waals surface area contributed by atoms with Crippen LogP contribution in [-0.2, 0) is 4.79 Å². The molecule has 4 rings (SSSR count). The van der Waals surface area contributed by atoms with Gasteiger partial charge in [-0.1, -0.05) is 73.6 Å². The van der Waals surface area contributed by atoms with E-state index in [0.29, 0.717) is 34.9 Å². The Labute approximate surface area is 205 Å². The van der Waals surface area contributed by atoms with Crippen LogP contribution in [0.25, 0.3) is 6.08 Å². The van der Waals surface area contributed by atoms with Gasteiger partial charge in [-0.3, -0.25) is 9.69 Å². The predicted octanol–water partition coefficient (Wildman–Crippen LogP) is 6.58. The zero-order chi connectivity index (χ0) is 23.0. The Balaban J connectivity index is 1.27. The standard InChI is InChI=1S/C27H29NO3S2/c1-2-15-28-26(29)25(33-27(28)32)19-20-7-6-10-24(18-20)31-17-16-30-23-13-11-22(12-14-23)21-8-4-3-5-9-21/h2,6-7,10-14,18-19,21H,1,3-5,8-9,15-17H2. The zero-order valence-corrected chi connectivity index (χ0v) is 20.3. The Hall–Kier alpha value is -2.57. The van der Waals surface area contributed by atoms with E-state index in [9.17, 15) is 4.79 Å². The third kappa shape index (κ3) is 6.27. The number of carbonyl (C=O) groups is 1. The van der Waals surface area contributed by atoms with Gasteiger partial charge in [0, 0.05) is 6.54 Å².